The van der Waals surface area contributed by atoms with E-state index in [0.29, 0.717) is 19.5 Å². The fraction of sp³-hybridized carbons (Fsp3) is 0.389. The minimum absolute atomic E-state index is 0.0827. The molecule has 6 heteroatoms. The molecule has 1 N–H and O–H groups in total. The van der Waals surface area contributed by atoms with Gasteiger partial charge in [0.25, 0.3) is 0 Å². The molecule has 0 atom stereocenters. The lowest BCUT2D eigenvalue weighted by molar-refractivity contribution is -0.121. The smallest absolute Gasteiger partial charge is 0.221 e. The maximum Gasteiger partial charge on any atom is 0.221 e. The Morgan fingerprint density at radius 3 is 2.92 bits per heavy atom. The van der Waals surface area contributed by atoms with E-state index in [-0.39, 0.29) is 5.91 Å². The van der Waals surface area contributed by atoms with Crippen LogP contribution in [0.25, 0.3) is 11.0 Å². The van der Waals surface area contributed by atoms with Crippen molar-refractivity contribution in [1.82, 2.24) is 19.9 Å². The van der Waals surface area contributed by atoms with E-state index < -0.39 is 0 Å². The number of hydrogen-bond acceptors (Lipinski definition) is 4. The van der Waals surface area contributed by atoms with Crippen LogP contribution in [0.4, 0.5) is 0 Å². The largest absolute Gasteiger partial charge is 0.356 e. The zero-order valence-electron chi connectivity index (χ0n) is 14.1. The number of nitrogens with one attached hydrogen (secondary N) is 1. The van der Waals surface area contributed by atoms with Crippen LogP contribution in [0, 0.1) is 13.8 Å². The van der Waals surface area contributed by atoms with Crippen LogP contribution in [-0.4, -0.2) is 27.0 Å². The second-order valence-corrected chi connectivity index (χ2v) is 7.17. The second-order valence-electron chi connectivity index (χ2n) is 5.88. The SMILES string of the molecule is Cc1nc(CCCNC(=O)CCn2cnc3ccccc32)sc1C. The number of aromatic nitrogens is 3. The van der Waals surface area contributed by atoms with Gasteiger partial charge in [0.05, 0.1) is 28.1 Å². The summed E-state index contributed by atoms with van der Waals surface area (Å²) in [5, 5.41) is 4.15. The normalized spacial score (nSPS) is 11.1. The molecule has 0 radical (unpaired) electrons. The van der Waals surface area contributed by atoms with E-state index in [2.05, 4.69) is 22.2 Å². The molecule has 1 aromatic carbocycles. The Morgan fingerprint density at radius 1 is 1.29 bits per heavy atom. The molecule has 0 fully saturated rings. The molecule has 126 valence electrons. The number of hydrogen-bond donors (Lipinski definition) is 1. The van der Waals surface area contributed by atoms with Crippen LogP contribution in [-0.2, 0) is 17.8 Å². The molecule has 0 aliphatic rings. The average molecular weight is 342 g/mol. The van der Waals surface area contributed by atoms with E-state index in [1.165, 1.54) is 4.88 Å². The molecule has 0 saturated heterocycles. The Bertz CT molecular complexity index is 817. The number of aryl methyl sites for hydroxylation is 4. The summed E-state index contributed by atoms with van der Waals surface area (Å²) in [7, 11) is 0. The van der Waals surface area contributed by atoms with E-state index in [1.807, 2.05) is 35.8 Å². The van der Waals surface area contributed by atoms with E-state index in [1.54, 1.807) is 17.7 Å². The zero-order valence-corrected chi connectivity index (χ0v) is 14.9. The van der Waals surface area contributed by atoms with Crippen LogP contribution in [0.3, 0.4) is 0 Å². The van der Waals surface area contributed by atoms with E-state index in [0.717, 1.165) is 34.6 Å². The number of carbonyl (C=O) groups excluding carboxylic acids is 1. The maximum absolute atomic E-state index is 12.0. The molecule has 3 rings (SSSR count). The van der Waals surface area contributed by atoms with Gasteiger partial charge in [-0.05, 0) is 32.4 Å². The number of benzene rings is 1. The fourth-order valence-electron chi connectivity index (χ4n) is 2.61. The number of nitrogens with zero attached hydrogens (tertiary/aromatic N) is 3. The Morgan fingerprint density at radius 2 is 2.12 bits per heavy atom. The van der Waals surface area contributed by atoms with E-state index >= 15 is 0 Å². The number of imidazole rings is 1. The molecule has 1 amide bonds. The highest BCUT2D eigenvalue weighted by molar-refractivity contribution is 7.11. The van der Waals surface area contributed by atoms with Gasteiger partial charge in [0.1, 0.15) is 0 Å². The quantitative estimate of drug-likeness (QED) is 0.671. The molecule has 0 saturated carbocycles. The highest BCUT2D eigenvalue weighted by atomic mass is 32.1. The number of carbonyl (C=O) groups is 1. The molecule has 5 nitrogen and oxygen atoms in total. The van der Waals surface area contributed by atoms with Gasteiger partial charge in [-0.3, -0.25) is 4.79 Å². The highest BCUT2D eigenvalue weighted by Gasteiger charge is 2.06. The third-order valence-electron chi connectivity index (χ3n) is 4.07. The third kappa shape index (κ3) is 4.00. The molecule has 2 aromatic heterocycles. The Balaban J connectivity index is 1.40. The predicted molar refractivity (Wildman–Crippen MR) is 97.3 cm³/mol. The van der Waals surface area contributed by atoms with Crippen LogP contribution < -0.4 is 5.32 Å². The Labute approximate surface area is 145 Å². The van der Waals surface area contributed by atoms with Gasteiger partial charge in [-0.25, -0.2) is 9.97 Å². The van der Waals surface area contributed by atoms with Crippen LogP contribution in [0.15, 0.2) is 30.6 Å². The maximum atomic E-state index is 12.0. The first-order valence-corrected chi connectivity index (χ1v) is 9.04. The van der Waals surface area contributed by atoms with E-state index in [9.17, 15) is 4.79 Å². The van der Waals surface area contributed by atoms with Crippen LogP contribution in [0.2, 0.25) is 0 Å². The van der Waals surface area contributed by atoms with Gasteiger partial charge in [-0.15, -0.1) is 11.3 Å². The van der Waals surface area contributed by atoms with Crippen LogP contribution >= 0.6 is 11.3 Å². The number of thiazole rings is 1. The van der Waals surface area contributed by atoms with Gasteiger partial charge in [-0.1, -0.05) is 12.1 Å². The summed E-state index contributed by atoms with van der Waals surface area (Å²) in [6.45, 7) is 5.48. The molecule has 0 unspecified atom stereocenters. The molecule has 0 bridgehead atoms. The molecular weight excluding hydrogens is 320 g/mol. The van der Waals surface area contributed by atoms with Gasteiger partial charge in [0.2, 0.25) is 5.91 Å². The summed E-state index contributed by atoms with van der Waals surface area (Å²) in [6.07, 6.45) is 4.11. The summed E-state index contributed by atoms with van der Waals surface area (Å²) in [6, 6.07) is 7.96. The average Bonchev–Trinajstić information content (AvgIpc) is 3.13. The first-order valence-electron chi connectivity index (χ1n) is 8.23. The minimum Gasteiger partial charge on any atom is -0.356 e. The van der Waals surface area contributed by atoms with Crippen molar-refractivity contribution in [2.75, 3.05) is 6.54 Å². The number of fused-ring (bicyclic) bond motifs is 1. The standard InChI is InChI=1S/C18H22N4OS/c1-13-14(2)24-18(21-13)8-5-10-19-17(23)9-11-22-12-20-15-6-3-4-7-16(15)22/h3-4,6-7,12H,5,8-11H2,1-2H3,(H,19,23). The van der Waals surface area contributed by atoms with Crippen molar-refractivity contribution in [1.29, 1.82) is 0 Å². The van der Waals surface area contributed by atoms with Crippen molar-refractivity contribution in [3.05, 3.63) is 46.2 Å². The lowest BCUT2D eigenvalue weighted by Crippen LogP contribution is -2.25. The first kappa shape index (κ1) is 16.6. The van der Waals surface area contributed by atoms with Crippen molar-refractivity contribution in [2.45, 2.75) is 39.7 Å². The number of amides is 1. The van der Waals surface area contributed by atoms with Crippen LogP contribution in [0.1, 0.15) is 28.4 Å². The topological polar surface area (TPSA) is 59.8 Å². The Kier molecular flexibility index (Phi) is 5.25. The van der Waals surface area contributed by atoms with Crippen molar-refractivity contribution >= 4 is 28.3 Å². The molecule has 24 heavy (non-hydrogen) atoms. The van der Waals surface area contributed by atoms with Gasteiger partial charge < -0.3 is 9.88 Å². The fourth-order valence-corrected chi connectivity index (χ4v) is 3.59. The first-order chi connectivity index (χ1) is 11.6. The molecule has 0 aliphatic carbocycles. The van der Waals surface area contributed by atoms with E-state index in [4.69, 9.17) is 0 Å². The molecule has 0 aliphatic heterocycles. The molecule has 2 heterocycles. The summed E-state index contributed by atoms with van der Waals surface area (Å²) >= 11 is 1.75. The minimum atomic E-state index is 0.0827. The van der Waals surface area contributed by atoms with Gasteiger partial charge in [-0.2, -0.15) is 0 Å². The van der Waals surface area contributed by atoms with Crippen molar-refractivity contribution in [3.8, 4) is 0 Å². The van der Waals surface area contributed by atoms with Crippen molar-refractivity contribution in [2.24, 2.45) is 0 Å². The summed E-state index contributed by atoms with van der Waals surface area (Å²) < 4.78 is 2.02. The lowest BCUT2D eigenvalue weighted by atomic mass is 10.3. The number of rotatable bonds is 7. The summed E-state index contributed by atoms with van der Waals surface area (Å²) in [5.41, 5.74) is 3.15. The monoisotopic (exact) mass is 342 g/mol. The van der Waals surface area contributed by atoms with Crippen molar-refractivity contribution < 1.29 is 4.79 Å². The lowest BCUT2D eigenvalue weighted by Gasteiger charge is -2.06. The molecule has 3 aromatic rings. The second kappa shape index (κ2) is 7.57. The van der Waals surface area contributed by atoms with Gasteiger partial charge >= 0.3 is 0 Å². The highest BCUT2D eigenvalue weighted by Crippen LogP contribution is 2.17. The Hall–Kier alpha value is -2.21. The molecule has 0 spiro atoms. The van der Waals surface area contributed by atoms with Crippen molar-refractivity contribution in [3.63, 3.8) is 0 Å². The number of para-hydroxylation sites is 2. The van der Waals surface area contributed by atoms with Gasteiger partial charge in [0.15, 0.2) is 0 Å². The van der Waals surface area contributed by atoms with Gasteiger partial charge in [0, 0.05) is 30.8 Å². The summed E-state index contributed by atoms with van der Waals surface area (Å²) in [4.78, 5) is 22.1. The third-order valence-corrected chi connectivity index (χ3v) is 5.20. The predicted octanol–water partition coefficient (Wildman–Crippen LogP) is 3.25. The summed E-state index contributed by atoms with van der Waals surface area (Å²) in [5.74, 6) is 0.0827. The zero-order chi connectivity index (χ0) is 16.9. The van der Waals surface area contributed by atoms with Crippen LogP contribution in [0.5, 0.6) is 0 Å². The molecular formula is C18H22N4OS.